The molecule has 2 bridgehead atoms. The number of halogens is 6. The lowest BCUT2D eigenvalue weighted by molar-refractivity contribution is -0.143. The molecule has 208 valence electrons. The van der Waals surface area contributed by atoms with E-state index in [0.29, 0.717) is 25.0 Å². The number of hydrogen-bond acceptors (Lipinski definition) is 5. The van der Waals surface area contributed by atoms with E-state index in [1.807, 2.05) is 13.8 Å². The van der Waals surface area contributed by atoms with Crippen molar-refractivity contribution in [3.8, 4) is 6.07 Å². The highest BCUT2D eigenvalue weighted by molar-refractivity contribution is 5.87. The van der Waals surface area contributed by atoms with Gasteiger partial charge in [-0.1, -0.05) is 6.92 Å². The molecule has 2 N–H and O–H groups in total. The quantitative estimate of drug-likeness (QED) is 0.572. The van der Waals surface area contributed by atoms with Crippen LogP contribution in [0.5, 0.6) is 0 Å². The Kier molecular flexibility index (Phi) is 7.20. The fourth-order valence-electron chi connectivity index (χ4n) is 5.99. The summed E-state index contributed by atoms with van der Waals surface area (Å²) in [5.74, 6) is -0.696. The highest BCUT2D eigenvalue weighted by Crippen LogP contribution is 2.42. The number of likely N-dealkylation sites (tertiary alicyclic amines) is 3. The molecule has 1 aromatic rings. The van der Waals surface area contributed by atoms with Crippen LogP contribution in [-0.2, 0) is 21.9 Å². The van der Waals surface area contributed by atoms with Crippen molar-refractivity contribution < 1.29 is 35.9 Å². The minimum Gasteiger partial charge on any atom is -0.330 e. The molecule has 3 heterocycles. The van der Waals surface area contributed by atoms with Gasteiger partial charge in [0.15, 0.2) is 0 Å². The normalized spacial score (nSPS) is 29.6. The van der Waals surface area contributed by atoms with E-state index in [-0.39, 0.29) is 36.7 Å². The molecule has 13 heteroatoms. The predicted octanol–water partition coefficient (Wildman–Crippen LogP) is 3.55. The highest BCUT2D eigenvalue weighted by Gasteiger charge is 2.52. The molecule has 0 saturated carbocycles. The molecule has 3 aliphatic rings. The Balaban J connectivity index is 1.49. The van der Waals surface area contributed by atoms with Crippen molar-refractivity contribution in [2.24, 2.45) is 11.7 Å². The Bertz CT molecular complexity index is 1120. The first-order valence-electron chi connectivity index (χ1n) is 12.4. The molecule has 7 atom stereocenters. The van der Waals surface area contributed by atoms with E-state index in [2.05, 4.69) is 6.07 Å². The van der Waals surface area contributed by atoms with E-state index in [0.717, 1.165) is 0 Å². The second-order valence-electron chi connectivity index (χ2n) is 10.6. The Labute approximate surface area is 216 Å². The molecule has 38 heavy (non-hydrogen) atoms. The minimum atomic E-state index is -4.99. The molecular weight excluding hydrogens is 516 g/mol. The Hall–Kier alpha value is -2.85. The topological polar surface area (TPSA) is 93.7 Å². The van der Waals surface area contributed by atoms with Gasteiger partial charge in [0.2, 0.25) is 11.8 Å². The fourth-order valence-corrected chi connectivity index (χ4v) is 5.99. The summed E-state index contributed by atoms with van der Waals surface area (Å²) in [6.07, 6.45) is -9.11. The number of rotatable bonds is 5. The number of piperazine rings is 1. The van der Waals surface area contributed by atoms with Gasteiger partial charge < -0.3 is 15.5 Å². The van der Waals surface area contributed by atoms with Crippen LogP contribution >= 0.6 is 0 Å². The standard InChI is InChI=1S/C25H29F6N5O2/c1-12-4-18(9-32)35(13(12)2)22(37)20(33)11-34-10-19-8-21(34)23(38)36(19)14(3)15-5-16(24(26,27)28)7-17(6-15)25(29,30)31/h5-7,12-14,18-21H,4,8,10-11,33H2,1-3H3. The van der Waals surface area contributed by atoms with Crippen LogP contribution in [0.15, 0.2) is 18.2 Å². The molecule has 0 aromatic heterocycles. The maximum absolute atomic E-state index is 13.3. The van der Waals surface area contributed by atoms with Gasteiger partial charge in [0.25, 0.3) is 0 Å². The molecule has 4 rings (SSSR count). The third-order valence-electron chi connectivity index (χ3n) is 8.17. The van der Waals surface area contributed by atoms with Gasteiger partial charge >= 0.3 is 12.4 Å². The van der Waals surface area contributed by atoms with E-state index in [1.165, 1.54) is 16.7 Å². The van der Waals surface area contributed by atoms with Crippen LogP contribution in [0.4, 0.5) is 26.3 Å². The molecular formula is C25H29F6N5O2. The van der Waals surface area contributed by atoms with Gasteiger partial charge in [0.1, 0.15) is 6.04 Å². The molecule has 3 aliphatic heterocycles. The number of hydrogen-bond donors (Lipinski definition) is 1. The van der Waals surface area contributed by atoms with Crippen molar-refractivity contribution in [3.05, 3.63) is 34.9 Å². The summed E-state index contributed by atoms with van der Waals surface area (Å²) in [7, 11) is 0. The van der Waals surface area contributed by atoms with Gasteiger partial charge in [0.05, 0.1) is 35.3 Å². The number of nitrogens with zero attached hydrogens (tertiary/aromatic N) is 4. The van der Waals surface area contributed by atoms with Crippen LogP contribution in [0.25, 0.3) is 0 Å². The van der Waals surface area contributed by atoms with Crippen molar-refractivity contribution >= 4 is 11.8 Å². The molecule has 0 aliphatic carbocycles. The van der Waals surface area contributed by atoms with E-state index >= 15 is 0 Å². The number of alkyl halides is 6. The van der Waals surface area contributed by atoms with E-state index in [9.17, 15) is 41.2 Å². The molecule has 2 amide bonds. The number of carbonyl (C=O) groups is 2. The summed E-state index contributed by atoms with van der Waals surface area (Å²) in [6.45, 7) is 5.53. The first-order valence-corrected chi connectivity index (χ1v) is 12.4. The monoisotopic (exact) mass is 545 g/mol. The summed E-state index contributed by atoms with van der Waals surface area (Å²) < 4.78 is 80.0. The number of nitrogens with two attached hydrogens (primary N) is 1. The van der Waals surface area contributed by atoms with Crippen molar-refractivity contribution in [2.45, 2.75) is 82.2 Å². The maximum Gasteiger partial charge on any atom is 0.416 e. The average molecular weight is 546 g/mol. The summed E-state index contributed by atoms with van der Waals surface area (Å²) >= 11 is 0. The number of nitriles is 1. The first-order chi connectivity index (χ1) is 17.5. The van der Waals surface area contributed by atoms with Crippen molar-refractivity contribution in [1.29, 1.82) is 5.26 Å². The second-order valence-corrected chi connectivity index (χ2v) is 10.6. The molecule has 1 aromatic carbocycles. The SMILES string of the molecule is CC1CC(C#N)N(C(=O)C(N)CN2CC3CC2C(=O)N3C(C)c2cc(C(F)(F)F)cc(C(F)(F)F)c2)C1C. The number of fused-ring (bicyclic) bond motifs is 2. The summed E-state index contributed by atoms with van der Waals surface area (Å²) in [5, 5.41) is 9.44. The zero-order chi connectivity index (χ0) is 28.3. The lowest BCUT2D eigenvalue weighted by Crippen LogP contribution is -2.57. The molecule has 3 fully saturated rings. The highest BCUT2D eigenvalue weighted by atomic mass is 19.4. The van der Waals surface area contributed by atoms with Gasteiger partial charge in [0, 0.05) is 25.2 Å². The van der Waals surface area contributed by atoms with E-state index in [1.54, 1.807) is 4.90 Å². The number of benzene rings is 1. The van der Waals surface area contributed by atoms with E-state index in [4.69, 9.17) is 5.73 Å². The third-order valence-corrected chi connectivity index (χ3v) is 8.17. The van der Waals surface area contributed by atoms with Crippen LogP contribution in [0.2, 0.25) is 0 Å². The lowest BCUT2D eigenvalue weighted by Gasteiger charge is -2.39. The van der Waals surface area contributed by atoms with Gasteiger partial charge in [-0.2, -0.15) is 31.6 Å². The Morgan fingerprint density at radius 3 is 2.18 bits per heavy atom. The van der Waals surface area contributed by atoms with Crippen LogP contribution in [-0.4, -0.2) is 69.8 Å². The van der Waals surface area contributed by atoms with E-state index < -0.39 is 65.5 Å². The summed E-state index contributed by atoms with van der Waals surface area (Å²) in [4.78, 5) is 30.8. The zero-order valence-corrected chi connectivity index (χ0v) is 21.1. The zero-order valence-electron chi connectivity index (χ0n) is 21.1. The van der Waals surface area contributed by atoms with Gasteiger partial charge in [-0.05, 0) is 56.4 Å². The third kappa shape index (κ3) is 4.96. The Morgan fingerprint density at radius 1 is 1.11 bits per heavy atom. The van der Waals surface area contributed by atoms with Crippen molar-refractivity contribution in [3.63, 3.8) is 0 Å². The smallest absolute Gasteiger partial charge is 0.330 e. The largest absolute Gasteiger partial charge is 0.416 e. The minimum absolute atomic E-state index is 0.0471. The lowest BCUT2D eigenvalue weighted by atomic mass is 9.98. The molecule has 7 unspecified atom stereocenters. The number of carbonyl (C=O) groups excluding carboxylic acids is 2. The maximum atomic E-state index is 13.3. The molecule has 0 radical (unpaired) electrons. The van der Waals surface area contributed by atoms with Crippen LogP contribution < -0.4 is 5.73 Å². The van der Waals surface area contributed by atoms with Crippen molar-refractivity contribution in [2.75, 3.05) is 13.1 Å². The van der Waals surface area contributed by atoms with Gasteiger partial charge in [-0.25, -0.2) is 0 Å². The van der Waals surface area contributed by atoms with Crippen LogP contribution in [0, 0.1) is 17.2 Å². The van der Waals surface area contributed by atoms with Crippen molar-refractivity contribution in [1.82, 2.24) is 14.7 Å². The summed E-state index contributed by atoms with van der Waals surface area (Å²) in [5.41, 5.74) is 3.08. The summed E-state index contributed by atoms with van der Waals surface area (Å²) in [6, 6.07) is -0.412. The molecule has 7 nitrogen and oxygen atoms in total. The second kappa shape index (κ2) is 9.72. The number of amides is 2. The van der Waals surface area contributed by atoms with Gasteiger partial charge in [-0.3, -0.25) is 14.5 Å². The predicted molar refractivity (Wildman–Crippen MR) is 123 cm³/mol. The van der Waals surface area contributed by atoms with Gasteiger partial charge in [-0.15, -0.1) is 0 Å². The van der Waals surface area contributed by atoms with Crippen LogP contribution in [0.3, 0.4) is 0 Å². The Morgan fingerprint density at radius 2 is 1.68 bits per heavy atom. The average Bonchev–Trinajstić information content (AvgIpc) is 3.47. The molecule has 3 saturated heterocycles. The molecule has 0 spiro atoms. The first kappa shape index (κ1) is 28.2. The fraction of sp³-hybridized carbons (Fsp3) is 0.640. The van der Waals surface area contributed by atoms with Crippen LogP contribution in [0.1, 0.15) is 56.3 Å².